The number of carbonyl (C=O) groups is 1. The Balaban J connectivity index is 1.47. The summed E-state index contributed by atoms with van der Waals surface area (Å²) in [6.45, 7) is 1.85. The maximum atomic E-state index is 13.2. The van der Waals surface area contributed by atoms with E-state index in [0.717, 1.165) is 22.7 Å². The minimum absolute atomic E-state index is 0.348. The number of anilines is 1. The summed E-state index contributed by atoms with van der Waals surface area (Å²) in [6.07, 6.45) is 1.69. The number of H-pyrrole nitrogens is 1. The van der Waals surface area contributed by atoms with Gasteiger partial charge in [-0.1, -0.05) is 30.3 Å². The van der Waals surface area contributed by atoms with E-state index in [9.17, 15) is 4.79 Å². The summed E-state index contributed by atoms with van der Waals surface area (Å²) >= 11 is 0. The minimum Gasteiger partial charge on any atom is -0.496 e. The molecule has 3 heterocycles. The fraction of sp³-hybridized carbons (Fsp3) is 0.0800. The van der Waals surface area contributed by atoms with Crippen molar-refractivity contribution in [1.29, 1.82) is 0 Å². The van der Waals surface area contributed by atoms with Crippen molar-refractivity contribution < 1.29 is 13.9 Å². The van der Waals surface area contributed by atoms with Crippen molar-refractivity contribution in [3.63, 3.8) is 0 Å². The monoisotopic (exact) mass is 439 g/mol. The number of hydrogen-bond donors (Lipinski definition) is 2. The van der Waals surface area contributed by atoms with Crippen molar-refractivity contribution >= 4 is 11.7 Å². The van der Waals surface area contributed by atoms with E-state index in [1.807, 2.05) is 67.6 Å². The van der Waals surface area contributed by atoms with Crippen molar-refractivity contribution in [3.05, 3.63) is 90.3 Å². The van der Waals surface area contributed by atoms with Crippen LogP contribution in [0.25, 0.3) is 28.4 Å². The van der Waals surface area contributed by atoms with E-state index in [1.165, 1.54) is 0 Å². The molecule has 3 aromatic heterocycles. The Labute approximate surface area is 189 Å². The summed E-state index contributed by atoms with van der Waals surface area (Å²) in [5.74, 6) is 2.00. The molecule has 0 spiro atoms. The molecule has 0 unspecified atom stereocenters. The Morgan fingerprint density at radius 1 is 1.06 bits per heavy atom. The van der Waals surface area contributed by atoms with E-state index in [4.69, 9.17) is 9.15 Å². The van der Waals surface area contributed by atoms with Crippen molar-refractivity contribution in [1.82, 2.24) is 20.0 Å². The van der Waals surface area contributed by atoms with Gasteiger partial charge in [-0.15, -0.1) is 0 Å². The zero-order valence-electron chi connectivity index (χ0n) is 18.1. The van der Waals surface area contributed by atoms with Gasteiger partial charge in [-0.25, -0.2) is 4.68 Å². The molecule has 2 N–H and O–H groups in total. The van der Waals surface area contributed by atoms with E-state index in [-0.39, 0.29) is 5.91 Å². The van der Waals surface area contributed by atoms with Crippen LogP contribution in [0.3, 0.4) is 0 Å². The topological polar surface area (TPSA) is 98.0 Å². The van der Waals surface area contributed by atoms with Crippen LogP contribution in [0.1, 0.15) is 16.1 Å². The first-order valence-corrected chi connectivity index (χ1v) is 10.3. The molecule has 1 amide bonds. The molecule has 0 aliphatic rings. The number of furan rings is 1. The molecule has 0 fully saturated rings. The average Bonchev–Trinajstić information content (AvgIpc) is 3.59. The zero-order chi connectivity index (χ0) is 22.8. The third kappa shape index (κ3) is 4.01. The molecule has 0 radical (unpaired) electrons. The Morgan fingerprint density at radius 2 is 1.85 bits per heavy atom. The van der Waals surface area contributed by atoms with Crippen LogP contribution in [0.4, 0.5) is 5.82 Å². The van der Waals surface area contributed by atoms with E-state index in [1.54, 1.807) is 30.1 Å². The number of ether oxygens (including phenoxy) is 1. The van der Waals surface area contributed by atoms with E-state index in [0.29, 0.717) is 28.6 Å². The lowest BCUT2D eigenvalue weighted by atomic mass is 10.1. The van der Waals surface area contributed by atoms with Gasteiger partial charge in [0.05, 0.1) is 24.1 Å². The highest BCUT2D eigenvalue weighted by Gasteiger charge is 2.22. The first kappa shape index (κ1) is 20.3. The summed E-state index contributed by atoms with van der Waals surface area (Å²) in [6, 6.07) is 22.6. The van der Waals surface area contributed by atoms with Crippen molar-refractivity contribution in [2.75, 3.05) is 12.4 Å². The van der Waals surface area contributed by atoms with Crippen LogP contribution in [0.15, 0.2) is 83.4 Å². The fourth-order valence-electron chi connectivity index (χ4n) is 3.57. The first-order chi connectivity index (χ1) is 16.1. The smallest absolute Gasteiger partial charge is 0.260 e. The lowest BCUT2D eigenvalue weighted by molar-refractivity contribution is 0.102. The van der Waals surface area contributed by atoms with Gasteiger partial charge in [0.15, 0.2) is 11.6 Å². The predicted octanol–water partition coefficient (Wildman–Crippen LogP) is 5.09. The number of aromatic amines is 1. The normalized spacial score (nSPS) is 10.8. The van der Waals surface area contributed by atoms with Gasteiger partial charge >= 0.3 is 0 Å². The Bertz CT molecular complexity index is 1410. The summed E-state index contributed by atoms with van der Waals surface area (Å²) in [7, 11) is 1.61. The van der Waals surface area contributed by atoms with Crippen LogP contribution in [-0.2, 0) is 0 Å². The number of hydrogen-bond acceptors (Lipinski definition) is 5. The molecule has 164 valence electrons. The summed E-state index contributed by atoms with van der Waals surface area (Å²) < 4.78 is 12.8. The van der Waals surface area contributed by atoms with Gasteiger partial charge in [-0.05, 0) is 43.3 Å². The standard InChI is InChI=1S/C25H21N5O3/c1-16-12-13-22(33-16)24-19(15-30(29-24)17-8-4-3-5-9-17)25(31)26-23-14-20(27-28-23)18-10-6-7-11-21(18)32-2/h3-15H,1-2H3,(H2,26,27,28,31). The van der Waals surface area contributed by atoms with Gasteiger partial charge in [0.1, 0.15) is 17.2 Å². The third-order valence-corrected chi connectivity index (χ3v) is 5.17. The molecule has 0 saturated heterocycles. The molecular formula is C25H21N5O3. The third-order valence-electron chi connectivity index (χ3n) is 5.17. The van der Waals surface area contributed by atoms with E-state index in [2.05, 4.69) is 20.6 Å². The summed E-state index contributed by atoms with van der Waals surface area (Å²) in [4.78, 5) is 13.2. The summed E-state index contributed by atoms with van der Waals surface area (Å²) in [5, 5.41) is 14.7. The lowest BCUT2D eigenvalue weighted by Crippen LogP contribution is -2.12. The fourth-order valence-corrected chi connectivity index (χ4v) is 3.57. The SMILES string of the molecule is COc1ccccc1-c1cc(NC(=O)c2cn(-c3ccccc3)nc2-c2ccc(C)o2)n[nH]1. The van der Waals surface area contributed by atoms with Crippen LogP contribution in [0.2, 0.25) is 0 Å². The van der Waals surface area contributed by atoms with Gasteiger partial charge < -0.3 is 14.5 Å². The first-order valence-electron chi connectivity index (χ1n) is 10.3. The second-order valence-electron chi connectivity index (χ2n) is 7.40. The number of aromatic nitrogens is 4. The van der Waals surface area contributed by atoms with Crippen molar-refractivity contribution in [2.45, 2.75) is 6.92 Å². The molecule has 0 bridgehead atoms. The largest absolute Gasteiger partial charge is 0.496 e. The van der Waals surface area contributed by atoms with Gasteiger partial charge in [-0.3, -0.25) is 9.89 Å². The van der Waals surface area contributed by atoms with Crippen LogP contribution < -0.4 is 10.1 Å². The number of nitrogens with zero attached hydrogens (tertiary/aromatic N) is 3. The second-order valence-corrected chi connectivity index (χ2v) is 7.40. The zero-order valence-corrected chi connectivity index (χ0v) is 18.1. The molecule has 5 aromatic rings. The number of aryl methyl sites for hydroxylation is 1. The Morgan fingerprint density at radius 3 is 2.61 bits per heavy atom. The molecule has 2 aromatic carbocycles. The molecule has 0 aliphatic heterocycles. The van der Waals surface area contributed by atoms with Gasteiger partial charge in [-0.2, -0.15) is 10.2 Å². The number of amides is 1. The minimum atomic E-state index is -0.348. The van der Waals surface area contributed by atoms with Crippen molar-refractivity contribution in [2.24, 2.45) is 0 Å². The molecule has 0 atom stereocenters. The Kier molecular flexibility index (Phi) is 5.24. The summed E-state index contributed by atoms with van der Waals surface area (Å²) in [5.41, 5.74) is 3.22. The average molecular weight is 439 g/mol. The van der Waals surface area contributed by atoms with Crippen molar-refractivity contribution in [3.8, 4) is 34.1 Å². The molecule has 0 saturated carbocycles. The van der Waals surface area contributed by atoms with Crippen LogP contribution in [0.5, 0.6) is 5.75 Å². The quantitative estimate of drug-likeness (QED) is 0.384. The Hall–Kier alpha value is -4.59. The van der Waals surface area contributed by atoms with Crippen LogP contribution in [-0.4, -0.2) is 33.0 Å². The number of rotatable bonds is 6. The second kappa shape index (κ2) is 8.51. The lowest BCUT2D eigenvalue weighted by Gasteiger charge is -2.05. The van der Waals surface area contributed by atoms with Gasteiger partial charge in [0.25, 0.3) is 5.91 Å². The highest BCUT2D eigenvalue weighted by molar-refractivity contribution is 6.07. The van der Waals surface area contributed by atoms with Crippen LogP contribution in [0, 0.1) is 6.92 Å². The maximum absolute atomic E-state index is 13.2. The number of methoxy groups -OCH3 is 1. The molecule has 5 rings (SSSR count). The molecular weight excluding hydrogens is 418 g/mol. The maximum Gasteiger partial charge on any atom is 0.260 e. The van der Waals surface area contributed by atoms with Gasteiger partial charge in [0, 0.05) is 17.8 Å². The molecule has 8 heteroatoms. The van der Waals surface area contributed by atoms with Gasteiger partial charge in [0.2, 0.25) is 0 Å². The van der Waals surface area contributed by atoms with E-state index >= 15 is 0 Å². The number of para-hydroxylation sites is 2. The van der Waals surface area contributed by atoms with Crippen LogP contribution >= 0.6 is 0 Å². The number of benzene rings is 2. The van der Waals surface area contributed by atoms with E-state index < -0.39 is 0 Å². The number of nitrogens with one attached hydrogen (secondary N) is 2. The highest BCUT2D eigenvalue weighted by atomic mass is 16.5. The highest BCUT2D eigenvalue weighted by Crippen LogP contribution is 2.30. The molecule has 33 heavy (non-hydrogen) atoms. The molecule has 8 nitrogen and oxygen atoms in total. The predicted molar refractivity (Wildman–Crippen MR) is 125 cm³/mol. The number of carbonyl (C=O) groups excluding carboxylic acids is 1. The molecule has 0 aliphatic carbocycles.